The zero-order chi connectivity index (χ0) is 21.6. The van der Waals surface area contributed by atoms with Crippen molar-refractivity contribution >= 4 is 22.7 Å². The number of ether oxygens (including phenoxy) is 3. The summed E-state index contributed by atoms with van der Waals surface area (Å²) >= 11 is 3.19. The molecule has 2 heterocycles. The Morgan fingerprint density at radius 3 is 2.00 bits per heavy atom. The average molecular weight is 453 g/mol. The van der Waals surface area contributed by atoms with Gasteiger partial charge in [0.2, 0.25) is 0 Å². The van der Waals surface area contributed by atoms with Crippen LogP contribution in [0.25, 0.3) is 32.5 Å². The van der Waals surface area contributed by atoms with E-state index >= 15 is 0 Å². The van der Waals surface area contributed by atoms with Gasteiger partial charge in [0, 0.05) is 21.9 Å². The van der Waals surface area contributed by atoms with Crippen molar-refractivity contribution in [3.8, 4) is 49.8 Å². The fraction of sp³-hybridized carbons (Fsp3) is 0.250. The Kier molecular flexibility index (Phi) is 6.84. The molecule has 0 atom stereocenters. The van der Waals surface area contributed by atoms with Crippen molar-refractivity contribution in [2.24, 2.45) is 0 Å². The Hall–Kier alpha value is -2.90. The molecule has 31 heavy (non-hydrogen) atoms. The normalized spacial score (nSPS) is 10.8. The maximum Gasteiger partial charge on any atom is 0.161 e. The maximum atomic E-state index is 5.74. The molecule has 0 unspecified atom stereocenters. The van der Waals surface area contributed by atoms with E-state index in [9.17, 15) is 0 Å². The zero-order valence-corrected chi connectivity index (χ0v) is 19.4. The lowest BCUT2D eigenvalue weighted by atomic mass is 10.1. The molecule has 0 spiro atoms. The largest absolute Gasteiger partial charge is 0.494 e. The molecule has 0 saturated heterocycles. The monoisotopic (exact) mass is 452 g/mol. The maximum absolute atomic E-state index is 5.74. The van der Waals surface area contributed by atoms with Gasteiger partial charge in [0.15, 0.2) is 21.5 Å². The summed E-state index contributed by atoms with van der Waals surface area (Å²) in [6, 6.07) is 13.9. The van der Waals surface area contributed by atoms with Gasteiger partial charge in [-0.2, -0.15) is 0 Å². The number of aromatic nitrogens is 2. The van der Waals surface area contributed by atoms with Crippen LogP contribution in [0.15, 0.2) is 53.2 Å². The van der Waals surface area contributed by atoms with Gasteiger partial charge in [0.1, 0.15) is 5.75 Å². The Labute approximate surface area is 190 Å². The molecule has 4 aromatic rings. The number of methoxy groups -OCH3 is 2. The summed E-state index contributed by atoms with van der Waals surface area (Å²) in [7, 11) is 3.26. The van der Waals surface area contributed by atoms with Gasteiger partial charge in [0.05, 0.1) is 32.2 Å². The van der Waals surface area contributed by atoms with Crippen molar-refractivity contribution in [3.63, 3.8) is 0 Å². The standard InChI is InChI=1S/C24H24N2O3S2/c1-4-5-12-29-18-9-6-16(7-10-18)19-14-30-23(25-19)24-26-20(15-31-24)17-8-11-21(27-2)22(13-17)28-3/h6-11,13-15H,4-5,12H2,1-3H3. The van der Waals surface area contributed by atoms with Gasteiger partial charge in [-0.05, 0) is 48.9 Å². The van der Waals surface area contributed by atoms with Gasteiger partial charge >= 0.3 is 0 Å². The van der Waals surface area contributed by atoms with Crippen molar-refractivity contribution in [2.75, 3.05) is 20.8 Å². The molecule has 4 rings (SSSR count). The van der Waals surface area contributed by atoms with Crippen molar-refractivity contribution in [3.05, 3.63) is 53.2 Å². The van der Waals surface area contributed by atoms with Gasteiger partial charge < -0.3 is 14.2 Å². The van der Waals surface area contributed by atoms with E-state index in [4.69, 9.17) is 24.2 Å². The molecule has 7 heteroatoms. The zero-order valence-electron chi connectivity index (χ0n) is 17.8. The molecule has 0 N–H and O–H groups in total. The quantitative estimate of drug-likeness (QED) is 0.262. The van der Waals surface area contributed by atoms with Crippen LogP contribution < -0.4 is 14.2 Å². The average Bonchev–Trinajstić information content (AvgIpc) is 3.49. The Balaban J connectivity index is 1.51. The van der Waals surface area contributed by atoms with E-state index in [1.165, 1.54) is 0 Å². The van der Waals surface area contributed by atoms with E-state index < -0.39 is 0 Å². The van der Waals surface area contributed by atoms with Crippen molar-refractivity contribution in [1.29, 1.82) is 0 Å². The molecule has 2 aromatic carbocycles. The van der Waals surface area contributed by atoms with Crippen molar-refractivity contribution in [1.82, 2.24) is 9.97 Å². The number of rotatable bonds is 9. The highest BCUT2D eigenvalue weighted by Crippen LogP contribution is 2.36. The summed E-state index contributed by atoms with van der Waals surface area (Å²) in [5, 5.41) is 5.93. The Morgan fingerprint density at radius 2 is 1.39 bits per heavy atom. The van der Waals surface area contributed by atoms with Crippen LogP contribution in [0.3, 0.4) is 0 Å². The topological polar surface area (TPSA) is 53.5 Å². The fourth-order valence-corrected chi connectivity index (χ4v) is 4.77. The number of unbranched alkanes of at least 4 members (excludes halogenated alkanes) is 1. The van der Waals surface area contributed by atoms with Crippen LogP contribution in [0.2, 0.25) is 0 Å². The molecule has 5 nitrogen and oxygen atoms in total. The van der Waals surface area contributed by atoms with Crippen LogP contribution in [-0.2, 0) is 0 Å². The third-order valence-corrected chi connectivity index (χ3v) is 6.61. The first-order valence-corrected chi connectivity index (χ1v) is 11.8. The van der Waals surface area contributed by atoms with Crippen LogP contribution >= 0.6 is 22.7 Å². The molecule has 2 aromatic heterocycles. The van der Waals surface area contributed by atoms with Crippen molar-refractivity contribution < 1.29 is 14.2 Å². The second kappa shape index (κ2) is 9.94. The number of hydrogen-bond acceptors (Lipinski definition) is 7. The molecule has 0 saturated carbocycles. The molecular weight excluding hydrogens is 428 g/mol. The minimum Gasteiger partial charge on any atom is -0.494 e. The predicted molar refractivity (Wildman–Crippen MR) is 128 cm³/mol. The first-order valence-electron chi connectivity index (χ1n) is 10.1. The van der Waals surface area contributed by atoms with Crippen LogP contribution in [0.5, 0.6) is 17.2 Å². The highest BCUT2D eigenvalue weighted by molar-refractivity contribution is 7.20. The predicted octanol–water partition coefficient (Wildman–Crippen LogP) is 6.80. The first-order chi connectivity index (χ1) is 15.2. The summed E-state index contributed by atoms with van der Waals surface area (Å²) < 4.78 is 16.5. The number of hydrogen-bond donors (Lipinski definition) is 0. The summed E-state index contributed by atoms with van der Waals surface area (Å²) in [6.45, 7) is 2.91. The summed E-state index contributed by atoms with van der Waals surface area (Å²) in [6.07, 6.45) is 2.19. The minimum atomic E-state index is 0.688. The highest BCUT2D eigenvalue weighted by atomic mass is 32.1. The molecule has 0 amide bonds. The van der Waals surface area contributed by atoms with E-state index in [0.717, 1.165) is 57.7 Å². The minimum absolute atomic E-state index is 0.688. The smallest absolute Gasteiger partial charge is 0.161 e. The number of benzene rings is 2. The second-order valence-electron chi connectivity index (χ2n) is 6.87. The van der Waals surface area contributed by atoms with E-state index in [1.54, 1.807) is 36.9 Å². The molecule has 0 radical (unpaired) electrons. The Morgan fingerprint density at radius 1 is 0.774 bits per heavy atom. The summed E-state index contributed by atoms with van der Waals surface area (Å²) in [5.41, 5.74) is 3.90. The van der Waals surface area contributed by atoms with Gasteiger partial charge in [-0.3, -0.25) is 0 Å². The van der Waals surface area contributed by atoms with Gasteiger partial charge in [-0.25, -0.2) is 9.97 Å². The highest BCUT2D eigenvalue weighted by Gasteiger charge is 2.13. The Bertz CT molecular complexity index is 1140. The van der Waals surface area contributed by atoms with E-state index in [0.29, 0.717) is 11.5 Å². The summed E-state index contributed by atoms with van der Waals surface area (Å²) in [4.78, 5) is 9.60. The van der Waals surface area contributed by atoms with Crippen LogP contribution in [0.4, 0.5) is 0 Å². The third kappa shape index (κ3) is 4.89. The lowest BCUT2D eigenvalue weighted by molar-refractivity contribution is 0.309. The molecule has 0 aliphatic rings. The van der Waals surface area contributed by atoms with Crippen LogP contribution in [0.1, 0.15) is 19.8 Å². The molecule has 160 valence electrons. The van der Waals surface area contributed by atoms with E-state index in [1.807, 2.05) is 35.7 Å². The first kappa shape index (κ1) is 21.3. The SMILES string of the molecule is CCCCOc1ccc(-c2csc(-c3nc(-c4ccc(OC)c(OC)c4)cs3)n2)cc1. The molecular formula is C24H24N2O3S2. The van der Waals surface area contributed by atoms with Gasteiger partial charge in [0.25, 0.3) is 0 Å². The van der Waals surface area contributed by atoms with Gasteiger partial charge in [-0.15, -0.1) is 22.7 Å². The molecule has 0 aliphatic heterocycles. The van der Waals surface area contributed by atoms with Crippen LogP contribution in [-0.4, -0.2) is 30.8 Å². The molecule has 0 bridgehead atoms. The molecule has 0 fully saturated rings. The lowest BCUT2D eigenvalue weighted by Crippen LogP contribution is -1.95. The van der Waals surface area contributed by atoms with Gasteiger partial charge in [-0.1, -0.05) is 13.3 Å². The van der Waals surface area contributed by atoms with E-state index in [2.05, 4.69) is 24.4 Å². The second-order valence-corrected chi connectivity index (χ2v) is 8.59. The molecule has 0 aliphatic carbocycles. The summed E-state index contributed by atoms with van der Waals surface area (Å²) in [5.74, 6) is 2.29. The lowest BCUT2D eigenvalue weighted by Gasteiger charge is -2.08. The third-order valence-electron chi connectivity index (χ3n) is 4.79. The van der Waals surface area contributed by atoms with E-state index in [-0.39, 0.29) is 0 Å². The number of nitrogens with zero attached hydrogens (tertiary/aromatic N) is 2. The van der Waals surface area contributed by atoms with Crippen molar-refractivity contribution in [2.45, 2.75) is 19.8 Å². The number of thiazole rings is 2. The van der Waals surface area contributed by atoms with Crippen LogP contribution in [0, 0.1) is 0 Å². The fourth-order valence-electron chi connectivity index (χ4n) is 3.06.